The number of amides is 2. The summed E-state index contributed by atoms with van der Waals surface area (Å²) in [5, 5.41) is 31.6. The Labute approximate surface area is 409 Å². The molecular weight excluding hydrogens is 911 g/mol. The molecule has 6 aromatic rings. The first-order chi connectivity index (χ1) is 34.6. The standard InChI is InChI=1S/C25H27N7O4.C24H26N8O3/c1-16-8-19-10-18(3-4-21(19)25(34)36-16)22-13-30-6-7-31(12-20(30)14-35-22)24(33)9-17-2-5-23(26-11-17)32-15-27-28-29-32;1-16-19(4-5-21(34-2)20(16)10-25)22-13-30-7-8-31(12-18(30)14-35-22)24(33)9-17-3-6-23(26-11-17)32-15-27-28-29-32/h2-5,10-11,15-16,20,22H,6-9,12-14H2,1H3;3-6,11,15,18,22H,7-9,12-14H2,1-2H3/t16-,20+,22+;18-,22-/m10/s1. The highest BCUT2D eigenvalue weighted by atomic mass is 16.5. The van der Waals surface area contributed by atoms with Gasteiger partial charge in [-0.05, 0) is 92.3 Å². The number of carbonyl (C=O) groups is 3. The third-order valence-corrected chi connectivity index (χ3v) is 13.9. The maximum atomic E-state index is 13.0. The van der Waals surface area contributed by atoms with Gasteiger partial charge in [0.05, 0.1) is 68.6 Å². The highest BCUT2D eigenvalue weighted by Gasteiger charge is 2.38. The van der Waals surface area contributed by atoms with Gasteiger partial charge in [0.25, 0.3) is 0 Å². The van der Waals surface area contributed by atoms with Gasteiger partial charge in [0.1, 0.15) is 30.6 Å². The number of methoxy groups -OCH3 is 1. The van der Waals surface area contributed by atoms with E-state index in [1.165, 1.54) is 22.0 Å². The molecule has 22 nitrogen and oxygen atoms in total. The maximum Gasteiger partial charge on any atom is 0.338 e. The Balaban J connectivity index is 0.000000164. The van der Waals surface area contributed by atoms with Gasteiger partial charge in [0, 0.05) is 71.2 Å². The van der Waals surface area contributed by atoms with Crippen molar-refractivity contribution in [2.24, 2.45) is 0 Å². The maximum absolute atomic E-state index is 13.0. The van der Waals surface area contributed by atoms with E-state index in [2.05, 4.69) is 63.0 Å². The molecule has 2 aromatic carbocycles. The van der Waals surface area contributed by atoms with Crippen LogP contribution in [0.25, 0.3) is 11.6 Å². The van der Waals surface area contributed by atoms with Crippen LogP contribution in [-0.2, 0) is 43.1 Å². The van der Waals surface area contributed by atoms with Crippen LogP contribution in [0.2, 0.25) is 0 Å². The lowest BCUT2D eigenvalue weighted by Gasteiger charge is -2.46. The van der Waals surface area contributed by atoms with Crippen LogP contribution in [0.15, 0.2) is 79.6 Å². The molecule has 0 radical (unpaired) electrons. The molecule has 5 aliphatic rings. The van der Waals surface area contributed by atoms with Crippen LogP contribution in [0.1, 0.15) is 68.4 Å². The molecule has 5 atom stereocenters. The highest BCUT2D eigenvalue weighted by Crippen LogP contribution is 2.34. The van der Waals surface area contributed by atoms with Gasteiger partial charge < -0.3 is 28.7 Å². The Kier molecular flexibility index (Phi) is 13.8. The zero-order valence-corrected chi connectivity index (χ0v) is 39.7. The Morgan fingerprint density at radius 3 is 1.89 bits per heavy atom. The number of nitrogens with zero attached hydrogens (tertiary/aromatic N) is 15. The number of rotatable bonds is 9. The number of carbonyl (C=O) groups excluding carboxylic acids is 3. The van der Waals surface area contributed by atoms with Crippen LogP contribution in [0.3, 0.4) is 0 Å². The summed E-state index contributed by atoms with van der Waals surface area (Å²) in [4.78, 5) is 55.4. The van der Waals surface area contributed by atoms with E-state index in [1.54, 1.807) is 31.6 Å². The SMILES string of the molecule is COc1ccc([C@@H]2CN3CCN(C(=O)Cc4ccc(-n5cnnn5)nc4)C[C@H]3CO2)c(C)c1C#N.C[C@@H]1Cc2cc([C@@H]3CN4CCN(C(=O)Cc5ccc(-n6cnnn6)nc5)C[C@H]4CO3)ccc2C(=O)O1. The van der Waals surface area contributed by atoms with E-state index in [0.29, 0.717) is 80.7 Å². The van der Waals surface area contributed by atoms with Gasteiger partial charge in [-0.2, -0.15) is 14.6 Å². The second kappa shape index (κ2) is 20.8. The molecule has 0 N–H and O–H groups in total. The molecule has 9 heterocycles. The molecule has 4 fully saturated rings. The molecule has 0 unspecified atom stereocenters. The van der Waals surface area contributed by atoms with Gasteiger partial charge in [-0.1, -0.05) is 30.3 Å². The molecule has 11 rings (SSSR count). The number of aromatic nitrogens is 10. The molecule has 22 heteroatoms. The minimum Gasteiger partial charge on any atom is -0.495 e. The summed E-state index contributed by atoms with van der Waals surface area (Å²) < 4.78 is 26.1. The lowest BCUT2D eigenvalue weighted by atomic mass is 9.94. The van der Waals surface area contributed by atoms with Crippen LogP contribution in [0.5, 0.6) is 5.75 Å². The Bertz CT molecular complexity index is 2900. The molecule has 4 saturated heterocycles. The summed E-state index contributed by atoms with van der Waals surface area (Å²) in [6, 6.07) is 19.7. The summed E-state index contributed by atoms with van der Waals surface area (Å²) in [5.41, 5.74) is 6.91. The van der Waals surface area contributed by atoms with Crippen molar-refractivity contribution < 1.29 is 33.3 Å². The van der Waals surface area contributed by atoms with Crippen LogP contribution < -0.4 is 4.74 Å². The van der Waals surface area contributed by atoms with E-state index in [0.717, 1.165) is 66.0 Å². The van der Waals surface area contributed by atoms with E-state index in [9.17, 15) is 19.6 Å². The van der Waals surface area contributed by atoms with Gasteiger partial charge in [0.2, 0.25) is 11.8 Å². The van der Waals surface area contributed by atoms with Crippen molar-refractivity contribution in [2.75, 3.05) is 72.7 Å². The minimum absolute atomic E-state index is 0.0492. The van der Waals surface area contributed by atoms with Crippen LogP contribution in [0, 0.1) is 18.3 Å². The number of tetrazole rings is 2. The normalized spacial score (nSPS) is 22.2. The predicted molar refractivity (Wildman–Crippen MR) is 250 cm³/mol. The third kappa shape index (κ3) is 10.3. The van der Waals surface area contributed by atoms with Crippen LogP contribution in [-0.4, -0.2) is 179 Å². The topological polar surface area (TPSA) is 238 Å². The van der Waals surface area contributed by atoms with Crippen LogP contribution >= 0.6 is 0 Å². The molecule has 366 valence electrons. The van der Waals surface area contributed by atoms with E-state index in [4.69, 9.17) is 18.9 Å². The Morgan fingerprint density at radius 1 is 0.761 bits per heavy atom. The Morgan fingerprint density at radius 2 is 1.35 bits per heavy atom. The number of hydrogen-bond acceptors (Lipinski definition) is 18. The summed E-state index contributed by atoms with van der Waals surface area (Å²) in [7, 11) is 1.57. The zero-order valence-electron chi connectivity index (χ0n) is 39.7. The molecule has 5 aliphatic heterocycles. The molecule has 0 saturated carbocycles. The summed E-state index contributed by atoms with van der Waals surface area (Å²) >= 11 is 0. The molecule has 2 amide bonds. The molecule has 0 bridgehead atoms. The van der Waals surface area contributed by atoms with E-state index in [-0.39, 0.29) is 48.2 Å². The average Bonchev–Trinajstić information content (AvgIpc) is 4.15. The number of ether oxygens (including phenoxy) is 4. The van der Waals surface area contributed by atoms with Crippen molar-refractivity contribution in [1.82, 2.24) is 70.0 Å². The second-order valence-electron chi connectivity index (χ2n) is 18.3. The lowest BCUT2D eigenvalue weighted by Crippen LogP contribution is -2.59. The first kappa shape index (κ1) is 47.1. The summed E-state index contributed by atoms with van der Waals surface area (Å²) in [5.74, 6) is 1.70. The molecule has 0 spiro atoms. The van der Waals surface area contributed by atoms with Gasteiger partial charge in [-0.15, -0.1) is 10.2 Å². The van der Waals surface area contributed by atoms with Crippen molar-refractivity contribution in [3.8, 4) is 23.5 Å². The van der Waals surface area contributed by atoms with E-state index in [1.807, 2.05) is 60.0 Å². The van der Waals surface area contributed by atoms with Gasteiger partial charge in [-0.25, -0.2) is 14.8 Å². The number of fused-ring (bicyclic) bond motifs is 3. The largest absolute Gasteiger partial charge is 0.495 e. The van der Waals surface area contributed by atoms with Crippen molar-refractivity contribution in [3.05, 3.63) is 124 Å². The number of morpholine rings is 2. The fourth-order valence-electron chi connectivity index (χ4n) is 9.97. The first-order valence-corrected chi connectivity index (χ1v) is 23.7. The smallest absolute Gasteiger partial charge is 0.338 e. The van der Waals surface area contributed by atoms with Crippen molar-refractivity contribution in [1.29, 1.82) is 5.26 Å². The van der Waals surface area contributed by atoms with Gasteiger partial charge >= 0.3 is 5.97 Å². The monoisotopic (exact) mass is 963 g/mol. The van der Waals surface area contributed by atoms with Crippen molar-refractivity contribution in [2.45, 2.75) is 63.5 Å². The van der Waals surface area contributed by atoms with Crippen molar-refractivity contribution >= 4 is 17.8 Å². The second-order valence-corrected chi connectivity index (χ2v) is 18.3. The average molecular weight is 964 g/mol. The Hall–Kier alpha value is -7.58. The quantitative estimate of drug-likeness (QED) is 0.189. The molecule has 71 heavy (non-hydrogen) atoms. The number of benzene rings is 2. The van der Waals surface area contributed by atoms with E-state index >= 15 is 0 Å². The first-order valence-electron chi connectivity index (χ1n) is 23.7. The van der Waals surface area contributed by atoms with Crippen LogP contribution in [0.4, 0.5) is 0 Å². The van der Waals surface area contributed by atoms with Gasteiger partial charge in [-0.3, -0.25) is 19.4 Å². The van der Waals surface area contributed by atoms with Crippen molar-refractivity contribution in [3.63, 3.8) is 0 Å². The third-order valence-electron chi connectivity index (χ3n) is 13.9. The number of esters is 1. The predicted octanol–water partition coefficient (Wildman–Crippen LogP) is 2.06. The zero-order chi connectivity index (χ0) is 49.0. The fraction of sp³-hybridized carbons (Fsp3) is 0.429. The lowest BCUT2D eigenvalue weighted by molar-refractivity contribution is -0.140. The number of pyridine rings is 2. The number of hydrogen-bond donors (Lipinski definition) is 0. The number of cyclic esters (lactones) is 1. The van der Waals surface area contributed by atoms with E-state index < -0.39 is 0 Å². The molecule has 4 aromatic heterocycles. The summed E-state index contributed by atoms with van der Waals surface area (Å²) in [6.45, 7) is 10.7. The number of piperazine rings is 2. The number of nitriles is 1. The molecule has 0 aliphatic carbocycles. The minimum atomic E-state index is -0.250. The molecular formula is C49H53N15O7. The summed E-state index contributed by atoms with van der Waals surface area (Å²) in [6.07, 6.45) is 7.37. The fourth-order valence-corrected chi connectivity index (χ4v) is 9.97. The van der Waals surface area contributed by atoms with Gasteiger partial charge in [0.15, 0.2) is 11.6 Å². The highest BCUT2D eigenvalue weighted by molar-refractivity contribution is 5.92.